The number of hydrogen-bond donors (Lipinski definition) is 1. The van der Waals surface area contributed by atoms with E-state index < -0.39 is 11.7 Å². The van der Waals surface area contributed by atoms with Crippen LogP contribution in [-0.2, 0) is 9.53 Å². The highest BCUT2D eigenvalue weighted by molar-refractivity contribution is 5.92. The van der Waals surface area contributed by atoms with Crippen molar-refractivity contribution in [1.82, 2.24) is 10.2 Å². The molecule has 1 aliphatic heterocycles. The Kier molecular flexibility index (Phi) is 3.71. The van der Waals surface area contributed by atoms with Crippen LogP contribution in [0.15, 0.2) is 24.3 Å². The predicted molar refractivity (Wildman–Crippen MR) is 77.0 cm³/mol. The third-order valence-corrected chi connectivity index (χ3v) is 4.51. The van der Waals surface area contributed by atoms with Gasteiger partial charge in [0.25, 0.3) is 0 Å². The lowest BCUT2D eigenvalue weighted by Gasteiger charge is -2.32. The van der Waals surface area contributed by atoms with Crippen LogP contribution in [0.25, 0.3) is 0 Å². The minimum Gasteiger partial charge on any atom is -0.383 e. The smallest absolute Gasteiger partial charge is 0.244 e. The molecule has 0 aromatic heterocycles. The van der Waals surface area contributed by atoms with Crippen molar-refractivity contribution in [2.45, 2.75) is 43.9 Å². The number of halogens is 1. The van der Waals surface area contributed by atoms with Crippen molar-refractivity contribution in [2.24, 2.45) is 0 Å². The molecule has 1 spiro atoms. The topological polar surface area (TPSA) is 41.6 Å². The first-order valence-electron chi connectivity index (χ1n) is 7.47. The van der Waals surface area contributed by atoms with Gasteiger partial charge in [-0.05, 0) is 25.3 Å². The quantitative estimate of drug-likeness (QED) is 0.904. The molecule has 2 unspecified atom stereocenters. The fraction of sp³-hybridized carbons (Fsp3) is 0.562. The lowest BCUT2D eigenvalue weighted by Crippen LogP contribution is -2.42. The molecule has 0 radical (unpaired) electrons. The fourth-order valence-corrected chi connectivity index (χ4v) is 3.13. The summed E-state index contributed by atoms with van der Waals surface area (Å²) in [4.78, 5) is 14.5. The molecule has 1 saturated heterocycles. The lowest BCUT2D eigenvalue weighted by molar-refractivity contribution is -0.134. The monoisotopic (exact) mass is 292 g/mol. The number of hydrogen-bond acceptors (Lipinski definition) is 3. The minimum absolute atomic E-state index is 0.0421. The Morgan fingerprint density at radius 2 is 2.19 bits per heavy atom. The Morgan fingerprint density at radius 3 is 2.76 bits per heavy atom. The minimum atomic E-state index is -0.464. The maximum atomic E-state index is 14.2. The third-order valence-electron chi connectivity index (χ3n) is 4.51. The molecule has 2 aliphatic rings. The number of nitrogens with one attached hydrogen (secondary N) is 1. The molecule has 3 rings (SSSR count). The van der Waals surface area contributed by atoms with Crippen LogP contribution in [0.4, 0.5) is 4.39 Å². The molecule has 5 heteroatoms. The highest BCUT2D eigenvalue weighted by Crippen LogP contribution is 2.47. The molecule has 1 aromatic rings. The van der Waals surface area contributed by atoms with E-state index in [0.29, 0.717) is 12.2 Å². The molecule has 1 aliphatic carbocycles. The third kappa shape index (κ3) is 2.34. The van der Waals surface area contributed by atoms with Gasteiger partial charge in [-0.3, -0.25) is 10.1 Å². The zero-order valence-electron chi connectivity index (χ0n) is 12.4. The number of methoxy groups -OCH3 is 1. The molecule has 1 amide bonds. The number of carbonyl (C=O) groups is 1. The van der Waals surface area contributed by atoms with Crippen molar-refractivity contribution in [3.8, 4) is 0 Å². The summed E-state index contributed by atoms with van der Waals surface area (Å²) < 4.78 is 19.4. The fourth-order valence-electron chi connectivity index (χ4n) is 3.13. The molecule has 4 nitrogen and oxygen atoms in total. The maximum absolute atomic E-state index is 14.2. The summed E-state index contributed by atoms with van der Waals surface area (Å²) >= 11 is 0. The summed E-state index contributed by atoms with van der Waals surface area (Å²) in [5, 5.41) is 3.35. The van der Waals surface area contributed by atoms with Gasteiger partial charge in [0.1, 0.15) is 17.5 Å². The molecule has 1 N–H and O–H groups in total. The number of ether oxygens (including phenoxy) is 1. The van der Waals surface area contributed by atoms with Crippen molar-refractivity contribution in [1.29, 1.82) is 0 Å². The average Bonchev–Trinajstić information content (AvgIpc) is 3.21. The molecule has 2 atom stereocenters. The van der Waals surface area contributed by atoms with E-state index in [-0.39, 0.29) is 17.8 Å². The summed E-state index contributed by atoms with van der Waals surface area (Å²) in [5.41, 5.74) is 0.0675. The van der Waals surface area contributed by atoms with Crippen LogP contribution >= 0.6 is 0 Å². The van der Waals surface area contributed by atoms with Gasteiger partial charge in [-0.1, -0.05) is 25.1 Å². The average molecular weight is 292 g/mol. The van der Waals surface area contributed by atoms with E-state index in [0.717, 1.165) is 19.3 Å². The molecule has 1 aromatic carbocycles. The molecule has 1 heterocycles. The van der Waals surface area contributed by atoms with Crippen LogP contribution in [0.1, 0.15) is 37.9 Å². The van der Waals surface area contributed by atoms with E-state index in [1.165, 1.54) is 6.07 Å². The maximum Gasteiger partial charge on any atom is 0.244 e. The summed E-state index contributed by atoms with van der Waals surface area (Å²) in [6.45, 7) is 2.48. The number of amides is 1. The first kappa shape index (κ1) is 14.5. The first-order chi connectivity index (χ1) is 10.1. The van der Waals surface area contributed by atoms with Gasteiger partial charge in [0.2, 0.25) is 5.91 Å². The number of nitrogens with zero attached hydrogens (tertiary/aromatic N) is 1. The number of benzene rings is 1. The van der Waals surface area contributed by atoms with Gasteiger partial charge in [-0.25, -0.2) is 4.39 Å². The van der Waals surface area contributed by atoms with Gasteiger partial charge in [-0.2, -0.15) is 0 Å². The van der Waals surface area contributed by atoms with Crippen molar-refractivity contribution < 1.29 is 13.9 Å². The van der Waals surface area contributed by atoms with E-state index in [9.17, 15) is 9.18 Å². The predicted octanol–water partition coefficient (Wildman–Crippen LogP) is 2.21. The summed E-state index contributed by atoms with van der Waals surface area (Å²) in [7, 11) is 1.63. The SMILES string of the molecule is CCC(COC)N1C(=O)C2(CC2)NC1c1ccccc1F. The molecular weight excluding hydrogens is 271 g/mol. The van der Waals surface area contributed by atoms with Gasteiger partial charge < -0.3 is 9.64 Å². The molecule has 114 valence electrons. The Labute approximate surface area is 124 Å². The van der Waals surface area contributed by atoms with Crippen LogP contribution in [0.2, 0.25) is 0 Å². The van der Waals surface area contributed by atoms with Gasteiger partial charge in [0.05, 0.1) is 12.6 Å². The second-order valence-electron chi connectivity index (χ2n) is 5.88. The van der Waals surface area contributed by atoms with Gasteiger partial charge in [0.15, 0.2) is 0 Å². The van der Waals surface area contributed by atoms with Crippen LogP contribution in [0.5, 0.6) is 0 Å². The van der Waals surface area contributed by atoms with Gasteiger partial charge in [-0.15, -0.1) is 0 Å². The van der Waals surface area contributed by atoms with E-state index >= 15 is 0 Å². The zero-order valence-corrected chi connectivity index (χ0v) is 12.4. The van der Waals surface area contributed by atoms with Crippen LogP contribution in [0.3, 0.4) is 0 Å². The molecule has 0 bridgehead atoms. The second-order valence-corrected chi connectivity index (χ2v) is 5.88. The van der Waals surface area contributed by atoms with Crippen LogP contribution < -0.4 is 5.32 Å². The Hall–Kier alpha value is -1.46. The van der Waals surface area contributed by atoms with E-state index in [2.05, 4.69) is 5.32 Å². The zero-order chi connectivity index (χ0) is 15.0. The Bertz CT molecular complexity index is 545. The Morgan fingerprint density at radius 1 is 1.48 bits per heavy atom. The number of carbonyl (C=O) groups excluding carboxylic acids is 1. The van der Waals surface area contributed by atoms with Gasteiger partial charge >= 0.3 is 0 Å². The molecule has 2 fully saturated rings. The summed E-state index contributed by atoms with van der Waals surface area (Å²) in [6.07, 6.45) is 2.04. The van der Waals surface area contributed by atoms with Crippen LogP contribution in [0, 0.1) is 5.82 Å². The second kappa shape index (κ2) is 5.39. The lowest BCUT2D eigenvalue weighted by atomic mass is 10.1. The molecule has 1 saturated carbocycles. The van der Waals surface area contributed by atoms with Gasteiger partial charge in [0, 0.05) is 12.7 Å². The molecule has 21 heavy (non-hydrogen) atoms. The van der Waals surface area contributed by atoms with Crippen molar-refractivity contribution in [3.05, 3.63) is 35.6 Å². The van der Waals surface area contributed by atoms with Crippen LogP contribution in [-0.4, -0.2) is 36.1 Å². The van der Waals surface area contributed by atoms with E-state index in [1.54, 1.807) is 30.2 Å². The van der Waals surface area contributed by atoms with Crippen molar-refractivity contribution >= 4 is 5.91 Å². The number of rotatable bonds is 5. The van der Waals surface area contributed by atoms with Crippen molar-refractivity contribution in [2.75, 3.05) is 13.7 Å². The van der Waals surface area contributed by atoms with E-state index in [1.807, 2.05) is 6.92 Å². The normalized spacial score (nSPS) is 24.6. The van der Waals surface area contributed by atoms with E-state index in [4.69, 9.17) is 4.74 Å². The van der Waals surface area contributed by atoms with Crippen molar-refractivity contribution in [3.63, 3.8) is 0 Å². The summed E-state index contributed by atoms with van der Waals surface area (Å²) in [6, 6.07) is 6.61. The largest absolute Gasteiger partial charge is 0.383 e. The highest BCUT2D eigenvalue weighted by atomic mass is 19.1. The highest BCUT2D eigenvalue weighted by Gasteiger charge is 2.60. The summed E-state index contributed by atoms with van der Waals surface area (Å²) in [5.74, 6) is -0.197. The molecular formula is C16H21FN2O2. The Balaban J connectivity index is 1.97. The first-order valence-corrected chi connectivity index (χ1v) is 7.47. The standard InChI is InChI=1S/C16H21FN2O2/c1-3-11(10-21-2)19-14(12-6-4-5-7-13(12)17)18-16(8-9-16)15(19)20/h4-7,11,14,18H,3,8-10H2,1-2H3.